The van der Waals surface area contributed by atoms with Crippen molar-refractivity contribution < 1.29 is 9.53 Å². The molecular formula is C19H28N2O2S. The van der Waals surface area contributed by atoms with Crippen molar-refractivity contribution in [2.75, 3.05) is 18.2 Å². The first kappa shape index (κ1) is 20.4. The molecule has 0 atom stereocenters. The van der Waals surface area contributed by atoms with Crippen LogP contribution >= 0.6 is 11.8 Å². The van der Waals surface area contributed by atoms with Gasteiger partial charge in [0.25, 0.3) is 0 Å². The normalized spacial score (nSPS) is 10.2. The molecular weight excluding hydrogens is 320 g/mol. The van der Waals surface area contributed by atoms with E-state index >= 15 is 0 Å². The number of hydrogen-bond acceptors (Lipinski definition) is 4. The molecule has 0 spiro atoms. The first-order chi connectivity index (χ1) is 11.8. The lowest BCUT2D eigenvalue weighted by Crippen LogP contribution is -2.10. The van der Waals surface area contributed by atoms with Crippen LogP contribution in [0.5, 0.6) is 5.75 Å². The second-order valence-corrected chi connectivity index (χ2v) is 6.67. The van der Waals surface area contributed by atoms with Crippen LogP contribution < -0.4 is 10.1 Å². The number of amides is 1. The zero-order valence-electron chi connectivity index (χ0n) is 14.6. The van der Waals surface area contributed by atoms with Crippen LogP contribution in [0, 0.1) is 10.7 Å². The summed E-state index contributed by atoms with van der Waals surface area (Å²) in [4.78, 5) is 11.9. The Kier molecular flexibility index (Phi) is 11.7. The van der Waals surface area contributed by atoms with E-state index in [2.05, 4.69) is 10.7 Å². The molecule has 0 heterocycles. The Morgan fingerprint density at radius 3 is 2.21 bits per heavy atom. The SMILES string of the molecule is COc1ccc(NC(=O)CCCCCCCCCCSC#N)cc1. The van der Waals surface area contributed by atoms with Crippen LogP contribution in [0.2, 0.25) is 0 Å². The summed E-state index contributed by atoms with van der Waals surface area (Å²) in [5, 5.41) is 13.4. The van der Waals surface area contributed by atoms with Gasteiger partial charge in [0, 0.05) is 17.9 Å². The van der Waals surface area contributed by atoms with Crippen molar-refractivity contribution >= 4 is 23.4 Å². The van der Waals surface area contributed by atoms with E-state index in [1.165, 1.54) is 43.9 Å². The molecule has 0 aliphatic rings. The zero-order chi connectivity index (χ0) is 17.5. The molecule has 1 rings (SSSR count). The van der Waals surface area contributed by atoms with Gasteiger partial charge in [0.2, 0.25) is 5.91 Å². The molecule has 1 N–H and O–H groups in total. The topological polar surface area (TPSA) is 62.1 Å². The maximum Gasteiger partial charge on any atom is 0.224 e. The molecule has 0 saturated carbocycles. The van der Waals surface area contributed by atoms with E-state index in [9.17, 15) is 4.79 Å². The van der Waals surface area contributed by atoms with Gasteiger partial charge in [0.1, 0.15) is 11.2 Å². The van der Waals surface area contributed by atoms with Crippen molar-refractivity contribution in [3.05, 3.63) is 24.3 Å². The zero-order valence-corrected chi connectivity index (χ0v) is 15.4. The van der Waals surface area contributed by atoms with Crippen molar-refractivity contribution in [1.29, 1.82) is 5.26 Å². The Morgan fingerprint density at radius 2 is 1.62 bits per heavy atom. The fourth-order valence-corrected chi connectivity index (χ4v) is 2.90. The molecule has 0 radical (unpaired) electrons. The molecule has 1 aromatic rings. The van der Waals surface area contributed by atoms with Crippen molar-refractivity contribution in [1.82, 2.24) is 0 Å². The number of benzene rings is 1. The molecule has 0 unspecified atom stereocenters. The van der Waals surface area contributed by atoms with Gasteiger partial charge in [0.15, 0.2) is 0 Å². The Bertz CT molecular complexity index is 497. The highest BCUT2D eigenvalue weighted by Gasteiger charge is 2.02. The molecule has 0 bridgehead atoms. The number of carbonyl (C=O) groups is 1. The third-order valence-electron chi connectivity index (χ3n) is 3.84. The van der Waals surface area contributed by atoms with Crippen LogP contribution in [0.25, 0.3) is 0 Å². The van der Waals surface area contributed by atoms with E-state index in [0.717, 1.165) is 36.5 Å². The quantitative estimate of drug-likeness (QED) is 0.385. The first-order valence-corrected chi connectivity index (χ1v) is 9.69. The molecule has 5 heteroatoms. The molecule has 0 aliphatic heterocycles. The van der Waals surface area contributed by atoms with Gasteiger partial charge in [-0.1, -0.05) is 38.5 Å². The smallest absolute Gasteiger partial charge is 0.224 e. The van der Waals surface area contributed by atoms with Crippen molar-refractivity contribution in [3.8, 4) is 11.2 Å². The van der Waals surface area contributed by atoms with E-state index in [4.69, 9.17) is 10.00 Å². The minimum absolute atomic E-state index is 0.0789. The summed E-state index contributed by atoms with van der Waals surface area (Å²) < 4.78 is 5.09. The lowest BCUT2D eigenvalue weighted by atomic mass is 10.1. The maximum absolute atomic E-state index is 11.9. The number of hydrogen-bond donors (Lipinski definition) is 1. The number of thiocyanates is 1. The highest BCUT2D eigenvalue weighted by atomic mass is 32.2. The van der Waals surface area contributed by atoms with Crippen LogP contribution in [0.15, 0.2) is 24.3 Å². The summed E-state index contributed by atoms with van der Waals surface area (Å²) in [6.45, 7) is 0. The lowest BCUT2D eigenvalue weighted by molar-refractivity contribution is -0.116. The molecule has 0 fully saturated rings. The predicted octanol–water partition coefficient (Wildman–Crippen LogP) is 5.36. The van der Waals surface area contributed by atoms with Crippen molar-refractivity contribution in [3.63, 3.8) is 0 Å². The van der Waals surface area contributed by atoms with Gasteiger partial charge in [-0.15, -0.1) is 0 Å². The Balaban J connectivity index is 1.95. The molecule has 0 aromatic heterocycles. The van der Waals surface area contributed by atoms with E-state index < -0.39 is 0 Å². The number of nitrogens with one attached hydrogen (secondary N) is 1. The summed E-state index contributed by atoms with van der Waals surface area (Å²) in [5.41, 5.74) is 0.815. The summed E-state index contributed by atoms with van der Waals surface area (Å²) >= 11 is 1.35. The highest BCUT2D eigenvalue weighted by Crippen LogP contribution is 2.16. The van der Waals surface area contributed by atoms with Gasteiger partial charge in [-0.3, -0.25) is 4.79 Å². The fraction of sp³-hybridized carbons (Fsp3) is 0.579. The number of nitriles is 1. The Hall–Kier alpha value is -1.67. The van der Waals surface area contributed by atoms with Crippen LogP contribution in [0.4, 0.5) is 5.69 Å². The lowest BCUT2D eigenvalue weighted by Gasteiger charge is -2.06. The van der Waals surface area contributed by atoms with E-state index in [1.807, 2.05) is 24.3 Å². The molecule has 0 saturated heterocycles. The third kappa shape index (κ3) is 10.2. The predicted molar refractivity (Wildman–Crippen MR) is 101 cm³/mol. The molecule has 1 aromatic carbocycles. The molecule has 0 aliphatic carbocycles. The number of anilines is 1. The molecule has 1 amide bonds. The average molecular weight is 349 g/mol. The molecule has 4 nitrogen and oxygen atoms in total. The largest absolute Gasteiger partial charge is 0.497 e. The minimum Gasteiger partial charge on any atom is -0.497 e. The van der Waals surface area contributed by atoms with Crippen LogP contribution in [0.3, 0.4) is 0 Å². The van der Waals surface area contributed by atoms with Crippen LogP contribution in [-0.4, -0.2) is 18.8 Å². The van der Waals surface area contributed by atoms with Crippen LogP contribution in [0.1, 0.15) is 57.8 Å². The number of carbonyl (C=O) groups excluding carboxylic acids is 1. The van der Waals surface area contributed by atoms with Crippen molar-refractivity contribution in [2.24, 2.45) is 0 Å². The number of ether oxygens (including phenoxy) is 1. The Labute approximate surface area is 150 Å². The van der Waals surface area contributed by atoms with E-state index in [1.54, 1.807) is 7.11 Å². The number of methoxy groups -OCH3 is 1. The maximum atomic E-state index is 11.9. The fourth-order valence-electron chi connectivity index (χ4n) is 2.46. The average Bonchev–Trinajstić information content (AvgIpc) is 2.60. The number of rotatable bonds is 13. The van der Waals surface area contributed by atoms with E-state index in [-0.39, 0.29) is 5.91 Å². The van der Waals surface area contributed by atoms with Crippen molar-refractivity contribution in [2.45, 2.75) is 57.8 Å². The first-order valence-electron chi connectivity index (χ1n) is 8.71. The summed E-state index contributed by atoms with van der Waals surface area (Å²) in [7, 11) is 1.63. The van der Waals surface area contributed by atoms with E-state index in [0.29, 0.717) is 6.42 Å². The summed E-state index contributed by atoms with van der Waals surface area (Å²) in [6.07, 6.45) is 9.95. The summed E-state index contributed by atoms with van der Waals surface area (Å²) in [5.74, 6) is 1.83. The van der Waals surface area contributed by atoms with Gasteiger partial charge in [-0.25, -0.2) is 0 Å². The van der Waals surface area contributed by atoms with Crippen LogP contribution in [-0.2, 0) is 4.79 Å². The Morgan fingerprint density at radius 1 is 1.04 bits per heavy atom. The van der Waals surface area contributed by atoms with Gasteiger partial charge < -0.3 is 10.1 Å². The molecule has 24 heavy (non-hydrogen) atoms. The summed E-state index contributed by atoms with van der Waals surface area (Å²) in [6, 6.07) is 7.39. The highest BCUT2D eigenvalue weighted by molar-refractivity contribution is 8.03. The number of thioether (sulfide) groups is 1. The standard InChI is InChI=1S/C19H28N2O2S/c1-23-18-13-11-17(12-14-18)21-19(22)10-8-6-4-2-3-5-7-9-15-24-16-20/h11-14H,2-10,15H2,1H3,(H,21,22). The minimum atomic E-state index is 0.0789. The third-order valence-corrected chi connectivity index (χ3v) is 4.46. The second-order valence-electron chi connectivity index (χ2n) is 5.79. The number of nitrogens with zero attached hydrogens (tertiary/aromatic N) is 1. The van der Waals surface area contributed by atoms with Gasteiger partial charge in [-0.05, 0) is 48.9 Å². The second kappa shape index (κ2) is 13.7. The van der Waals surface area contributed by atoms with Gasteiger partial charge in [0.05, 0.1) is 7.11 Å². The number of unbranched alkanes of at least 4 members (excludes halogenated alkanes) is 7. The molecule has 132 valence electrons. The van der Waals surface area contributed by atoms with Gasteiger partial charge in [-0.2, -0.15) is 5.26 Å². The van der Waals surface area contributed by atoms with Gasteiger partial charge >= 0.3 is 0 Å². The monoisotopic (exact) mass is 348 g/mol.